The third-order valence-electron chi connectivity index (χ3n) is 6.18. The number of rotatable bonds is 5. The van der Waals surface area contributed by atoms with Crippen LogP contribution in [-0.2, 0) is 4.79 Å². The molecule has 0 amide bonds. The van der Waals surface area contributed by atoms with E-state index < -0.39 is 0 Å². The topological polar surface area (TPSA) is 68.0 Å². The number of Topliss-reactive ketones (excluding diaryl/α,β-unsaturated/α-hetero) is 1. The maximum absolute atomic E-state index is 13.5. The minimum atomic E-state index is -0.337. The summed E-state index contributed by atoms with van der Waals surface area (Å²) in [5.41, 5.74) is 5.21. The molecule has 0 saturated heterocycles. The summed E-state index contributed by atoms with van der Waals surface area (Å²) < 4.78 is 15.2. The van der Waals surface area contributed by atoms with Crippen molar-refractivity contribution in [1.29, 1.82) is 0 Å². The first kappa shape index (κ1) is 21.7. The Hall–Kier alpha value is -3.54. The van der Waals surface area contributed by atoms with E-state index in [2.05, 4.69) is 16.9 Å². The quantitative estimate of drug-likeness (QED) is 0.550. The van der Waals surface area contributed by atoms with Gasteiger partial charge in [-0.2, -0.15) is 0 Å². The molecule has 3 aromatic rings. The number of aromatic nitrogens is 3. The van der Waals surface area contributed by atoms with E-state index in [0.29, 0.717) is 29.7 Å². The standard InChI is InChI=1S/C26H26FN3O2/c1-5-18-10-15(2)9-16(3)25(18)26-23(31)12-20(13-24(26)32)17(4)30-14-22(28-29-30)19-7-6-8-21(27)11-19/h5-11,14,17,20,31H,1,12-13H2,2-4H3. The Balaban J connectivity index is 1.62. The summed E-state index contributed by atoms with van der Waals surface area (Å²) in [5.74, 6) is -0.466. The van der Waals surface area contributed by atoms with Gasteiger partial charge in [0, 0.05) is 18.4 Å². The second-order valence-electron chi connectivity index (χ2n) is 8.50. The summed E-state index contributed by atoms with van der Waals surface area (Å²) in [6.07, 6.45) is 4.13. The van der Waals surface area contributed by atoms with E-state index in [9.17, 15) is 14.3 Å². The number of aryl methyl sites for hydroxylation is 2. The molecule has 32 heavy (non-hydrogen) atoms. The van der Waals surface area contributed by atoms with Gasteiger partial charge in [0.2, 0.25) is 0 Å². The van der Waals surface area contributed by atoms with Crippen LogP contribution in [0.5, 0.6) is 0 Å². The van der Waals surface area contributed by atoms with Gasteiger partial charge in [-0.1, -0.05) is 47.7 Å². The number of nitrogens with zero attached hydrogens (tertiary/aromatic N) is 3. The number of hydrogen-bond donors (Lipinski definition) is 1. The summed E-state index contributed by atoms with van der Waals surface area (Å²) in [5, 5.41) is 19.3. The van der Waals surface area contributed by atoms with Crippen LogP contribution in [0.2, 0.25) is 0 Å². The van der Waals surface area contributed by atoms with Crippen molar-refractivity contribution >= 4 is 17.4 Å². The first-order chi connectivity index (χ1) is 15.3. The number of aliphatic hydroxyl groups is 1. The first-order valence-electron chi connectivity index (χ1n) is 10.7. The lowest BCUT2D eigenvalue weighted by molar-refractivity contribution is -0.115. The van der Waals surface area contributed by atoms with Gasteiger partial charge in [-0.05, 0) is 55.5 Å². The second-order valence-corrected chi connectivity index (χ2v) is 8.50. The third kappa shape index (κ3) is 4.00. The molecule has 5 nitrogen and oxygen atoms in total. The van der Waals surface area contributed by atoms with Crippen molar-refractivity contribution < 1.29 is 14.3 Å². The van der Waals surface area contributed by atoms with Gasteiger partial charge in [0.25, 0.3) is 0 Å². The number of carbonyl (C=O) groups excluding carboxylic acids is 1. The molecule has 0 radical (unpaired) electrons. The average Bonchev–Trinajstić information content (AvgIpc) is 3.24. The van der Waals surface area contributed by atoms with Crippen LogP contribution in [0, 0.1) is 25.6 Å². The van der Waals surface area contributed by atoms with Gasteiger partial charge in [0.1, 0.15) is 17.3 Å². The lowest BCUT2D eigenvalue weighted by atomic mass is 9.78. The van der Waals surface area contributed by atoms with E-state index >= 15 is 0 Å². The summed E-state index contributed by atoms with van der Waals surface area (Å²) in [7, 11) is 0. The molecule has 164 valence electrons. The Morgan fingerprint density at radius 3 is 2.72 bits per heavy atom. The molecule has 0 spiro atoms. The summed E-state index contributed by atoms with van der Waals surface area (Å²) in [4.78, 5) is 13.2. The van der Waals surface area contributed by atoms with Crippen molar-refractivity contribution in [1.82, 2.24) is 15.0 Å². The molecule has 0 aliphatic heterocycles. The number of benzene rings is 2. The molecule has 0 saturated carbocycles. The normalized spacial score (nSPS) is 17.5. The largest absolute Gasteiger partial charge is 0.512 e. The molecule has 1 N–H and O–H groups in total. The lowest BCUT2D eigenvalue weighted by Crippen LogP contribution is -2.26. The zero-order valence-corrected chi connectivity index (χ0v) is 18.5. The van der Waals surface area contributed by atoms with E-state index in [1.165, 1.54) is 12.1 Å². The molecule has 1 aliphatic rings. The van der Waals surface area contributed by atoms with Crippen LogP contribution in [0.4, 0.5) is 4.39 Å². The van der Waals surface area contributed by atoms with Crippen LogP contribution >= 0.6 is 0 Å². The molecule has 1 aromatic heterocycles. The Kier molecular flexibility index (Phi) is 5.78. The molecule has 1 heterocycles. The Labute approximate surface area is 186 Å². The zero-order chi connectivity index (χ0) is 23.0. The Morgan fingerprint density at radius 2 is 2.03 bits per heavy atom. The van der Waals surface area contributed by atoms with E-state index in [4.69, 9.17) is 0 Å². The fourth-order valence-electron chi connectivity index (χ4n) is 4.52. The highest BCUT2D eigenvalue weighted by Crippen LogP contribution is 2.39. The number of carbonyl (C=O) groups is 1. The first-order valence-corrected chi connectivity index (χ1v) is 10.7. The van der Waals surface area contributed by atoms with Crippen LogP contribution in [-0.4, -0.2) is 25.9 Å². The Morgan fingerprint density at radius 1 is 1.25 bits per heavy atom. The molecule has 2 aromatic carbocycles. The monoisotopic (exact) mass is 431 g/mol. The summed E-state index contributed by atoms with van der Waals surface area (Å²) in [6, 6.07) is 10.00. The van der Waals surface area contributed by atoms with Gasteiger partial charge in [0.05, 0.1) is 17.8 Å². The van der Waals surface area contributed by atoms with E-state index in [1.54, 1.807) is 29.1 Å². The van der Waals surface area contributed by atoms with Gasteiger partial charge < -0.3 is 5.11 Å². The van der Waals surface area contributed by atoms with Gasteiger partial charge in [-0.25, -0.2) is 9.07 Å². The fourth-order valence-corrected chi connectivity index (χ4v) is 4.52. The molecule has 2 unspecified atom stereocenters. The maximum atomic E-state index is 13.5. The third-order valence-corrected chi connectivity index (χ3v) is 6.18. The van der Waals surface area contributed by atoms with E-state index in [1.807, 2.05) is 32.9 Å². The number of ketones is 1. The van der Waals surface area contributed by atoms with Crippen LogP contribution in [0.1, 0.15) is 48.1 Å². The second kappa shape index (κ2) is 8.54. The van der Waals surface area contributed by atoms with E-state index in [0.717, 1.165) is 22.3 Å². The molecule has 0 fully saturated rings. The van der Waals surface area contributed by atoms with Gasteiger partial charge in [-0.15, -0.1) is 5.10 Å². The smallest absolute Gasteiger partial charge is 0.167 e. The van der Waals surface area contributed by atoms with Gasteiger partial charge >= 0.3 is 0 Å². The number of allylic oxidation sites excluding steroid dienone is 2. The number of aliphatic hydroxyl groups excluding tert-OH is 1. The zero-order valence-electron chi connectivity index (χ0n) is 18.5. The maximum Gasteiger partial charge on any atom is 0.167 e. The fraction of sp³-hybridized carbons (Fsp3) is 0.269. The molecule has 4 rings (SSSR count). The van der Waals surface area contributed by atoms with Crippen molar-refractivity contribution in [3.8, 4) is 11.3 Å². The Bertz CT molecular complexity index is 1240. The van der Waals surface area contributed by atoms with Crippen LogP contribution in [0.15, 0.2) is 54.9 Å². The molecule has 2 atom stereocenters. The predicted molar refractivity (Wildman–Crippen MR) is 123 cm³/mol. The predicted octanol–water partition coefficient (Wildman–Crippen LogP) is 5.85. The SMILES string of the molecule is C=Cc1cc(C)cc(C)c1C1=C(O)CC(C(C)n2cc(-c3cccc(F)c3)nn2)CC1=O. The van der Waals surface area contributed by atoms with Gasteiger partial charge in [0.15, 0.2) is 5.78 Å². The lowest BCUT2D eigenvalue weighted by Gasteiger charge is -2.29. The molecule has 6 heteroatoms. The van der Waals surface area contributed by atoms with Gasteiger partial charge in [-0.3, -0.25) is 4.79 Å². The number of hydrogen-bond acceptors (Lipinski definition) is 4. The number of halogens is 1. The van der Waals surface area contributed by atoms with Crippen molar-refractivity contribution in [2.45, 2.75) is 39.7 Å². The summed E-state index contributed by atoms with van der Waals surface area (Å²) >= 11 is 0. The van der Waals surface area contributed by atoms with E-state index in [-0.39, 0.29) is 29.3 Å². The molecular weight excluding hydrogens is 405 g/mol. The highest BCUT2D eigenvalue weighted by molar-refractivity contribution is 6.23. The molecule has 0 bridgehead atoms. The molecular formula is C26H26FN3O2. The summed E-state index contributed by atoms with van der Waals surface area (Å²) in [6.45, 7) is 9.77. The van der Waals surface area contributed by atoms with Crippen molar-refractivity contribution in [3.05, 3.63) is 83.0 Å². The van der Waals surface area contributed by atoms with Crippen LogP contribution in [0.25, 0.3) is 22.9 Å². The average molecular weight is 432 g/mol. The highest BCUT2D eigenvalue weighted by Gasteiger charge is 2.34. The minimum Gasteiger partial charge on any atom is -0.512 e. The van der Waals surface area contributed by atoms with Crippen molar-refractivity contribution in [2.75, 3.05) is 0 Å². The van der Waals surface area contributed by atoms with Crippen LogP contribution in [0.3, 0.4) is 0 Å². The van der Waals surface area contributed by atoms with Crippen molar-refractivity contribution in [3.63, 3.8) is 0 Å². The van der Waals surface area contributed by atoms with Crippen LogP contribution < -0.4 is 0 Å². The molecule has 1 aliphatic carbocycles. The van der Waals surface area contributed by atoms with Crippen molar-refractivity contribution in [2.24, 2.45) is 5.92 Å². The highest BCUT2D eigenvalue weighted by atomic mass is 19.1. The minimum absolute atomic E-state index is 0.0916.